The van der Waals surface area contributed by atoms with Crippen molar-refractivity contribution in [2.75, 3.05) is 11.5 Å². The van der Waals surface area contributed by atoms with Gasteiger partial charge in [-0.2, -0.15) is 24.4 Å². The normalized spacial score (nSPS) is 12.7. The van der Waals surface area contributed by atoms with Crippen LogP contribution in [0.1, 0.15) is 31.4 Å². The number of rotatable bonds is 10. The second kappa shape index (κ2) is 10.9. The molecule has 0 fully saturated rings. The molecule has 3 heteroatoms. The maximum Gasteiger partial charge on any atom is 0.0240 e. The number of thiol groups is 1. The Balaban J connectivity index is 2.07. The molecule has 1 nitrogen and oxygen atoms in total. The minimum absolute atomic E-state index is 0.500. The molecule has 1 atom stereocenters. The van der Waals surface area contributed by atoms with Crippen molar-refractivity contribution in [1.82, 2.24) is 4.90 Å². The minimum atomic E-state index is 0.500. The summed E-state index contributed by atoms with van der Waals surface area (Å²) in [5, 5.41) is 0.697. The van der Waals surface area contributed by atoms with Crippen LogP contribution in [0.15, 0.2) is 60.7 Å². The van der Waals surface area contributed by atoms with Crippen LogP contribution in [0.25, 0.3) is 0 Å². The van der Waals surface area contributed by atoms with Crippen molar-refractivity contribution in [1.29, 1.82) is 0 Å². The van der Waals surface area contributed by atoms with Crippen molar-refractivity contribution in [3.8, 4) is 0 Å². The Hall–Kier alpha value is -0.900. The zero-order valence-corrected chi connectivity index (χ0v) is 16.5. The highest BCUT2D eigenvalue weighted by atomic mass is 32.2. The highest BCUT2D eigenvalue weighted by Gasteiger charge is 2.18. The summed E-state index contributed by atoms with van der Waals surface area (Å²) in [6.45, 7) is 6.50. The molecular formula is C21H29NS2. The summed E-state index contributed by atoms with van der Waals surface area (Å²) >= 11 is 6.71. The van der Waals surface area contributed by atoms with Gasteiger partial charge in [-0.1, -0.05) is 74.5 Å². The van der Waals surface area contributed by atoms with Crippen molar-refractivity contribution in [3.63, 3.8) is 0 Å². The predicted octanol–water partition coefficient (Wildman–Crippen LogP) is 5.52. The number of thioether (sulfide) groups is 1. The molecule has 0 aliphatic carbocycles. The van der Waals surface area contributed by atoms with Crippen LogP contribution in [0.3, 0.4) is 0 Å². The van der Waals surface area contributed by atoms with E-state index in [1.165, 1.54) is 23.3 Å². The third kappa shape index (κ3) is 6.92. The van der Waals surface area contributed by atoms with Gasteiger partial charge in [-0.15, -0.1) is 0 Å². The first-order valence-electron chi connectivity index (χ1n) is 8.73. The second-order valence-electron chi connectivity index (χ2n) is 6.42. The molecule has 0 aliphatic heterocycles. The molecule has 1 unspecified atom stereocenters. The maximum absolute atomic E-state index is 4.66. The Bertz CT molecular complexity index is 515. The van der Waals surface area contributed by atoms with E-state index < -0.39 is 0 Å². The van der Waals surface area contributed by atoms with Crippen LogP contribution in [0.2, 0.25) is 0 Å². The Labute approximate surface area is 157 Å². The average Bonchev–Trinajstić information content (AvgIpc) is 2.60. The van der Waals surface area contributed by atoms with Gasteiger partial charge >= 0.3 is 0 Å². The lowest BCUT2D eigenvalue weighted by molar-refractivity contribution is 0.190. The average molecular weight is 360 g/mol. The number of hydrogen-bond acceptors (Lipinski definition) is 3. The lowest BCUT2D eigenvalue weighted by atomic mass is 10.1. The van der Waals surface area contributed by atoms with Gasteiger partial charge in [-0.25, -0.2) is 0 Å². The number of hydrogen-bond donors (Lipinski definition) is 1. The van der Waals surface area contributed by atoms with Crippen LogP contribution in [0, 0.1) is 0 Å². The standard InChI is InChI=1S/C21H29NS2/c1-18(2)24-14-13-21(17-23)22(15-19-9-5-3-6-10-19)16-20-11-7-4-8-12-20/h3-12,18,21,23H,13-17H2,1-2H3. The molecule has 24 heavy (non-hydrogen) atoms. The van der Waals surface area contributed by atoms with Gasteiger partial charge in [0.2, 0.25) is 0 Å². The number of nitrogens with zero attached hydrogens (tertiary/aromatic N) is 1. The summed E-state index contributed by atoms with van der Waals surface area (Å²) in [6, 6.07) is 22.0. The lowest BCUT2D eigenvalue weighted by Crippen LogP contribution is -2.36. The second-order valence-corrected chi connectivity index (χ2v) is 8.47. The van der Waals surface area contributed by atoms with E-state index in [9.17, 15) is 0 Å². The molecule has 0 aromatic heterocycles. The molecule has 2 aromatic carbocycles. The van der Waals surface area contributed by atoms with Crippen molar-refractivity contribution in [2.24, 2.45) is 0 Å². The lowest BCUT2D eigenvalue weighted by Gasteiger charge is -2.31. The summed E-state index contributed by atoms with van der Waals surface area (Å²) in [5.74, 6) is 2.10. The van der Waals surface area contributed by atoms with Crippen LogP contribution in [-0.4, -0.2) is 27.7 Å². The molecule has 0 spiro atoms. The molecule has 0 radical (unpaired) electrons. The Morgan fingerprint density at radius 2 is 1.38 bits per heavy atom. The molecule has 130 valence electrons. The molecule has 0 saturated heterocycles. The van der Waals surface area contributed by atoms with E-state index in [-0.39, 0.29) is 0 Å². The van der Waals surface area contributed by atoms with Gasteiger partial charge in [0.05, 0.1) is 0 Å². The molecule has 0 N–H and O–H groups in total. The van der Waals surface area contributed by atoms with E-state index in [1.807, 2.05) is 11.8 Å². The van der Waals surface area contributed by atoms with Gasteiger partial charge in [-0.05, 0) is 28.6 Å². The van der Waals surface area contributed by atoms with E-state index >= 15 is 0 Å². The van der Waals surface area contributed by atoms with Gasteiger partial charge in [0, 0.05) is 24.9 Å². The highest BCUT2D eigenvalue weighted by molar-refractivity contribution is 7.99. The fraction of sp³-hybridized carbons (Fsp3) is 0.429. The van der Waals surface area contributed by atoms with Gasteiger partial charge in [-0.3, -0.25) is 4.90 Å². The van der Waals surface area contributed by atoms with E-state index in [0.717, 1.165) is 18.8 Å². The largest absolute Gasteiger partial charge is 0.291 e. The Kier molecular flexibility index (Phi) is 8.79. The van der Waals surface area contributed by atoms with Crippen LogP contribution in [0.5, 0.6) is 0 Å². The molecular weight excluding hydrogens is 330 g/mol. The maximum atomic E-state index is 4.66. The molecule has 2 aromatic rings. The fourth-order valence-electron chi connectivity index (χ4n) is 2.78. The van der Waals surface area contributed by atoms with Crippen molar-refractivity contribution >= 4 is 24.4 Å². The first-order valence-corrected chi connectivity index (χ1v) is 10.4. The summed E-state index contributed by atoms with van der Waals surface area (Å²) < 4.78 is 0. The van der Waals surface area contributed by atoms with Gasteiger partial charge in [0.25, 0.3) is 0 Å². The van der Waals surface area contributed by atoms with Crippen LogP contribution < -0.4 is 0 Å². The zero-order valence-electron chi connectivity index (χ0n) is 14.8. The van der Waals surface area contributed by atoms with Crippen molar-refractivity contribution in [3.05, 3.63) is 71.8 Å². The van der Waals surface area contributed by atoms with Gasteiger partial charge in [0.15, 0.2) is 0 Å². The van der Waals surface area contributed by atoms with Gasteiger partial charge in [0.1, 0.15) is 0 Å². The molecule has 0 heterocycles. The van der Waals surface area contributed by atoms with Crippen LogP contribution in [-0.2, 0) is 13.1 Å². The predicted molar refractivity (Wildman–Crippen MR) is 112 cm³/mol. The number of benzene rings is 2. The third-order valence-corrected chi connectivity index (χ3v) is 5.65. The molecule has 0 saturated carbocycles. The van der Waals surface area contributed by atoms with E-state index in [0.29, 0.717) is 11.3 Å². The summed E-state index contributed by atoms with van der Waals surface area (Å²) in [6.07, 6.45) is 1.19. The smallest absolute Gasteiger partial charge is 0.0240 e. The minimum Gasteiger partial charge on any atom is -0.291 e. The first kappa shape index (κ1) is 19.4. The molecule has 0 bridgehead atoms. The third-order valence-electron chi connectivity index (χ3n) is 4.09. The van der Waals surface area contributed by atoms with Crippen molar-refractivity contribution in [2.45, 2.75) is 44.6 Å². The SMILES string of the molecule is CC(C)SCCC(CS)N(Cc1ccccc1)Cc1ccccc1. The van der Waals surface area contributed by atoms with Gasteiger partial charge < -0.3 is 0 Å². The van der Waals surface area contributed by atoms with Crippen molar-refractivity contribution < 1.29 is 0 Å². The summed E-state index contributed by atoms with van der Waals surface area (Å²) in [5.41, 5.74) is 2.74. The van der Waals surface area contributed by atoms with E-state index in [4.69, 9.17) is 0 Å². The molecule has 0 aliphatic rings. The highest BCUT2D eigenvalue weighted by Crippen LogP contribution is 2.19. The monoisotopic (exact) mass is 359 g/mol. The summed E-state index contributed by atoms with van der Waals surface area (Å²) in [4.78, 5) is 2.58. The fourth-order valence-corrected chi connectivity index (χ4v) is 4.07. The van der Waals surface area contributed by atoms with E-state index in [1.54, 1.807) is 0 Å². The van der Waals surface area contributed by atoms with Crippen LogP contribution >= 0.6 is 24.4 Å². The quantitative estimate of drug-likeness (QED) is 0.556. The zero-order chi connectivity index (χ0) is 17.2. The summed E-state index contributed by atoms with van der Waals surface area (Å²) in [7, 11) is 0. The molecule has 2 rings (SSSR count). The first-order chi connectivity index (χ1) is 11.7. The Morgan fingerprint density at radius 3 is 1.79 bits per heavy atom. The van der Waals surface area contributed by atoms with E-state index in [2.05, 4.69) is 92.0 Å². The van der Waals surface area contributed by atoms with Crippen LogP contribution in [0.4, 0.5) is 0 Å². The Morgan fingerprint density at radius 1 is 0.875 bits per heavy atom. The molecule has 0 amide bonds. The topological polar surface area (TPSA) is 3.24 Å².